The van der Waals surface area contributed by atoms with Crippen molar-refractivity contribution in [3.63, 3.8) is 0 Å². The number of halogens is 1. The number of fused-ring (bicyclic) bond motifs is 1. The number of aromatic amines is 1. The third-order valence-corrected chi connectivity index (χ3v) is 3.25. The molecule has 2 aromatic heterocycles. The molecule has 0 bridgehead atoms. The normalized spacial score (nSPS) is 11.1. The maximum atomic E-state index is 13.4. The quantitative estimate of drug-likeness (QED) is 0.690. The van der Waals surface area contributed by atoms with Crippen molar-refractivity contribution in [3.05, 3.63) is 52.0 Å². The largest absolute Gasteiger partial charge is 0.331 e. The molecule has 0 saturated heterocycles. The number of imidazole rings is 1. The van der Waals surface area contributed by atoms with Gasteiger partial charge in [0.25, 0.3) is 0 Å². The van der Waals surface area contributed by atoms with Crippen molar-refractivity contribution in [1.29, 1.82) is 0 Å². The third-order valence-electron chi connectivity index (χ3n) is 2.39. The lowest BCUT2D eigenvalue weighted by Crippen LogP contribution is -2.13. The number of rotatable bonds is 1. The van der Waals surface area contributed by atoms with Crippen molar-refractivity contribution in [2.24, 2.45) is 0 Å². The molecule has 3 rings (SSSR count). The lowest BCUT2D eigenvalue weighted by molar-refractivity contribution is 0.637. The van der Waals surface area contributed by atoms with Gasteiger partial charge in [-0.15, -0.1) is 11.3 Å². The molecule has 1 aromatic carbocycles. The highest BCUT2D eigenvalue weighted by Gasteiger charge is 2.11. The zero-order valence-electron chi connectivity index (χ0n) is 8.11. The van der Waals surface area contributed by atoms with E-state index in [9.17, 15) is 9.18 Å². The average Bonchev–Trinajstić information content (AvgIpc) is 2.85. The van der Waals surface area contributed by atoms with Gasteiger partial charge in [0.1, 0.15) is 16.3 Å². The fraction of sp³-hybridized carbons (Fsp3) is 0. The first kappa shape index (κ1) is 9.35. The summed E-state index contributed by atoms with van der Waals surface area (Å²) in [7, 11) is 0. The topological polar surface area (TPSA) is 37.8 Å². The molecule has 0 fully saturated rings. The lowest BCUT2D eigenvalue weighted by atomic mass is 10.3. The first-order valence-corrected chi connectivity index (χ1v) is 5.58. The second kappa shape index (κ2) is 3.31. The van der Waals surface area contributed by atoms with Crippen molar-refractivity contribution >= 4 is 22.4 Å². The van der Waals surface area contributed by atoms with Crippen molar-refractivity contribution in [3.8, 4) is 5.00 Å². The molecule has 0 radical (unpaired) electrons. The highest BCUT2D eigenvalue weighted by atomic mass is 32.1. The summed E-state index contributed by atoms with van der Waals surface area (Å²) >= 11 is 1.44. The Labute approximate surface area is 93.8 Å². The third kappa shape index (κ3) is 1.22. The van der Waals surface area contributed by atoms with E-state index in [-0.39, 0.29) is 11.2 Å². The minimum atomic E-state index is -0.412. The minimum absolute atomic E-state index is 0.251. The predicted molar refractivity (Wildman–Crippen MR) is 61.7 cm³/mol. The van der Waals surface area contributed by atoms with Gasteiger partial charge in [-0.2, -0.15) is 0 Å². The van der Waals surface area contributed by atoms with Crippen molar-refractivity contribution in [2.75, 3.05) is 0 Å². The van der Waals surface area contributed by atoms with Gasteiger partial charge in [0.2, 0.25) is 0 Å². The van der Waals surface area contributed by atoms with E-state index >= 15 is 0 Å². The highest BCUT2D eigenvalue weighted by molar-refractivity contribution is 7.12. The first-order valence-electron chi connectivity index (χ1n) is 4.70. The molecule has 16 heavy (non-hydrogen) atoms. The minimum Gasteiger partial charge on any atom is -0.303 e. The van der Waals surface area contributed by atoms with Crippen LogP contribution in [0.5, 0.6) is 0 Å². The Morgan fingerprint density at radius 2 is 2.12 bits per heavy atom. The summed E-state index contributed by atoms with van der Waals surface area (Å²) in [6.45, 7) is 0. The van der Waals surface area contributed by atoms with Crippen LogP contribution >= 0.6 is 11.3 Å². The molecule has 80 valence electrons. The molecule has 3 aromatic rings. The molecule has 0 spiro atoms. The summed E-state index contributed by atoms with van der Waals surface area (Å²) in [5, 5.41) is 2.65. The Balaban J connectivity index is 2.46. The van der Waals surface area contributed by atoms with Crippen LogP contribution < -0.4 is 5.69 Å². The monoisotopic (exact) mass is 234 g/mol. The molecular weight excluding hydrogens is 227 g/mol. The number of nitrogens with one attached hydrogen (secondary N) is 1. The SMILES string of the molecule is O=c1[nH]c2c(F)cccc2n1-c1cccs1. The summed E-state index contributed by atoms with van der Waals surface area (Å²) in [4.78, 5) is 14.3. The van der Waals surface area contributed by atoms with E-state index in [1.54, 1.807) is 12.1 Å². The second-order valence-electron chi connectivity index (χ2n) is 3.35. The molecule has 0 aliphatic rings. The molecule has 5 heteroatoms. The van der Waals surface area contributed by atoms with Gasteiger partial charge in [0, 0.05) is 0 Å². The highest BCUT2D eigenvalue weighted by Crippen LogP contribution is 2.20. The average molecular weight is 234 g/mol. The van der Waals surface area contributed by atoms with Crippen LogP contribution in [0.4, 0.5) is 4.39 Å². The number of aromatic nitrogens is 2. The van der Waals surface area contributed by atoms with E-state index < -0.39 is 5.82 Å². The Kier molecular flexibility index (Phi) is 1.94. The standard InChI is InChI=1S/C11H7FN2OS/c12-7-3-1-4-8-10(7)13-11(15)14(8)9-5-2-6-16-9/h1-6H,(H,13,15). The summed E-state index contributed by atoms with van der Waals surface area (Å²) in [6, 6.07) is 8.32. The van der Waals surface area contributed by atoms with E-state index in [0.29, 0.717) is 5.52 Å². The van der Waals surface area contributed by atoms with Crippen molar-refractivity contribution in [2.45, 2.75) is 0 Å². The maximum Gasteiger partial charge on any atom is 0.331 e. The molecule has 0 aliphatic carbocycles. The van der Waals surface area contributed by atoms with E-state index in [4.69, 9.17) is 0 Å². The fourth-order valence-corrected chi connectivity index (χ4v) is 2.45. The molecule has 1 N–H and O–H groups in total. The second-order valence-corrected chi connectivity index (χ2v) is 4.28. The summed E-state index contributed by atoms with van der Waals surface area (Å²) in [5.41, 5.74) is 0.496. The van der Waals surface area contributed by atoms with Gasteiger partial charge in [-0.1, -0.05) is 6.07 Å². The number of benzene rings is 1. The van der Waals surface area contributed by atoms with Gasteiger partial charge in [0.05, 0.1) is 5.52 Å². The fourth-order valence-electron chi connectivity index (χ4n) is 1.71. The molecule has 0 amide bonds. The molecule has 0 aliphatic heterocycles. The van der Waals surface area contributed by atoms with Crippen LogP contribution in [-0.2, 0) is 0 Å². The number of nitrogens with zero attached hydrogens (tertiary/aromatic N) is 1. The first-order chi connectivity index (χ1) is 7.77. The zero-order chi connectivity index (χ0) is 11.1. The number of thiophene rings is 1. The van der Waals surface area contributed by atoms with Crippen LogP contribution in [-0.4, -0.2) is 9.55 Å². The van der Waals surface area contributed by atoms with Crippen LogP contribution in [0.1, 0.15) is 0 Å². The van der Waals surface area contributed by atoms with Gasteiger partial charge >= 0.3 is 5.69 Å². The van der Waals surface area contributed by atoms with Gasteiger partial charge in [0.15, 0.2) is 0 Å². The molecule has 0 unspecified atom stereocenters. The summed E-state index contributed by atoms with van der Waals surface area (Å²) in [5.74, 6) is -0.412. The lowest BCUT2D eigenvalue weighted by Gasteiger charge is -1.98. The molecule has 0 atom stereocenters. The van der Waals surface area contributed by atoms with Gasteiger partial charge in [-0.05, 0) is 29.6 Å². The Hall–Kier alpha value is -1.88. The Morgan fingerprint density at radius 3 is 2.88 bits per heavy atom. The predicted octanol–water partition coefficient (Wildman–Crippen LogP) is 2.52. The van der Waals surface area contributed by atoms with Crippen LogP contribution in [0.3, 0.4) is 0 Å². The van der Waals surface area contributed by atoms with Crippen LogP contribution in [0.2, 0.25) is 0 Å². The van der Waals surface area contributed by atoms with E-state index in [0.717, 1.165) is 5.00 Å². The molecule has 3 nitrogen and oxygen atoms in total. The van der Waals surface area contributed by atoms with Gasteiger partial charge < -0.3 is 4.98 Å². The zero-order valence-corrected chi connectivity index (χ0v) is 8.92. The van der Waals surface area contributed by atoms with E-state index in [1.807, 2.05) is 17.5 Å². The number of para-hydroxylation sites is 1. The number of hydrogen-bond donors (Lipinski definition) is 1. The van der Waals surface area contributed by atoms with Crippen LogP contribution in [0.15, 0.2) is 40.5 Å². The summed E-state index contributed by atoms with van der Waals surface area (Å²) < 4.78 is 14.9. The van der Waals surface area contributed by atoms with E-state index in [1.165, 1.54) is 22.0 Å². The molecule has 0 saturated carbocycles. The van der Waals surface area contributed by atoms with Crippen LogP contribution in [0, 0.1) is 5.82 Å². The van der Waals surface area contributed by atoms with Gasteiger partial charge in [-0.3, -0.25) is 4.57 Å². The van der Waals surface area contributed by atoms with Crippen LogP contribution in [0.25, 0.3) is 16.0 Å². The number of H-pyrrole nitrogens is 1. The summed E-state index contributed by atoms with van der Waals surface area (Å²) in [6.07, 6.45) is 0. The van der Waals surface area contributed by atoms with Crippen molar-refractivity contribution < 1.29 is 4.39 Å². The molecular formula is C11H7FN2OS. The Bertz CT molecular complexity index is 696. The smallest absolute Gasteiger partial charge is 0.303 e. The van der Waals surface area contributed by atoms with E-state index in [2.05, 4.69) is 4.98 Å². The Morgan fingerprint density at radius 1 is 1.25 bits per heavy atom. The van der Waals surface area contributed by atoms with Gasteiger partial charge in [-0.25, -0.2) is 9.18 Å². The number of hydrogen-bond acceptors (Lipinski definition) is 2. The van der Waals surface area contributed by atoms with Crippen molar-refractivity contribution in [1.82, 2.24) is 9.55 Å². The maximum absolute atomic E-state index is 13.4. The molecule has 2 heterocycles.